The lowest BCUT2D eigenvalue weighted by molar-refractivity contribution is -0.384. The Bertz CT molecular complexity index is 825. The highest BCUT2D eigenvalue weighted by atomic mass is 16.6. The zero-order valence-electron chi connectivity index (χ0n) is 13.6. The van der Waals surface area contributed by atoms with Gasteiger partial charge in [0.25, 0.3) is 11.6 Å². The molecule has 0 atom stereocenters. The Hall–Kier alpha value is -3.69. The van der Waals surface area contributed by atoms with Gasteiger partial charge in [0.2, 0.25) is 5.76 Å². The molecule has 2 rings (SSSR count). The second kappa shape index (κ2) is 8.42. The molecular weight excluding hydrogens is 348 g/mol. The average Bonchev–Trinajstić information content (AvgIpc) is 3.10. The molecule has 0 fully saturated rings. The number of hydrogen-bond acceptors (Lipinski definition) is 8. The summed E-state index contributed by atoms with van der Waals surface area (Å²) in [6, 6.07) is 8.36. The zero-order chi connectivity index (χ0) is 19.1. The number of carbonyl (C=O) groups is 3. The highest BCUT2D eigenvalue weighted by Crippen LogP contribution is 2.24. The molecule has 0 saturated heterocycles. The van der Waals surface area contributed by atoms with E-state index >= 15 is 0 Å². The fraction of sp³-hybridized carbons (Fsp3) is 0.188. The first-order chi connectivity index (χ1) is 12.4. The van der Waals surface area contributed by atoms with E-state index in [0.717, 1.165) is 0 Å². The van der Waals surface area contributed by atoms with Crippen molar-refractivity contribution in [2.45, 2.75) is 6.92 Å². The number of amides is 2. The number of non-ortho nitro benzene ring substituents is 1. The fourth-order valence-corrected chi connectivity index (χ4v) is 1.87. The van der Waals surface area contributed by atoms with E-state index in [0.29, 0.717) is 11.3 Å². The summed E-state index contributed by atoms with van der Waals surface area (Å²) in [5, 5.41) is 12.5. The molecule has 2 aromatic rings. The highest BCUT2D eigenvalue weighted by Gasteiger charge is 2.17. The third kappa shape index (κ3) is 4.90. The van der Waals surface area contributed by atoms with Crippen LogP contribution in [0.3, 0.4) is 0 Å². The molecule has 2 amide bonds. The Kier molecular flexibility index (Phi) is 6.04. The van der Waals surface area contributed by atoms with Crippen LogP contribution in [0.15, 0.2) is 40.8 Å². The molecule has 0 aliphatic heterocycles. The van der Waals surface area contributed by atoms with Gasteiger partial charge < -0.3 is 13.9 Å². The third-order valence-electron chi connectivity index (χ3n) is 3.02. The molecule has 1 aromatic heterocycles. The number of nitrogens with one attached hydrogen (secondary N) is 1. The predicted octanol–water partition coefficient (Wildman–Crippen LogP) is 2.28. The minimum absolute atomic E-state index is 0.0763. The lowest BCUT2D eigenvalue weighted by Gasteiger charge is -2.04. The smallest absolute Gasteiger partial charge is 0.413 e. The van der Waals surface area contributed by atoms with Crippen molar-refractivity contribution in [2.75, 3.05) is 13.2 Å². The van der Waals surface area contributed by atoms with E-state index in [2.05, 4.69) is 4.74 Å². The molecule has 1 aromatic carbocycles. The van der Waals surface area contributed by atoms with Crippen LogP contribution in [0.25, 0.3) is 11.3 Å². The Morgan fingerprint density at radius 1 is 1.12 bits per heavy atom. The molecule has 26 heavy (non-hydrogen) atoms. The van der Waals surface area contributed by atoms with Gasteiger partial charge in [0.1, 0.15) is 5.76 Å². The van der Waals surface area contributed by atoms with Crippen LogP contribution >= 0.6 is 0 Å². The number of furan rings is 1. The number of ether oxygens (including phenoxy) is 2. The van der Waals surface area contributed by atoms with E-state index < -0.39 is 29.5 Å². The van der Waals surface area contributed by atoms with Gasteiger partial charge in [-0.3, -0.25) is 20.2 Å². The van der Waals surface area contributed by atoms with Crippen molar-refractivity contribution >= 4 is 23.7 Å². The number of alkyl carbamates (subject to hydrolysis) is 1. The van der Waals surface area contributed by atoms with Crippen LogP contribution in [-0.4, -0.2) is 36.1 Å². The first kappa shape index (κ1) is 18.6. The summed E-state index contributed by atoms with van der Waals surface area (Å²) in [6.45, 7) is 0.978. The van der Waals surface area contributed by atoms with Crippen LogP contribution in [0.2, 0.25) is 0 Å². The van der Waals surface area contributed by atoms with Gasteiger partial charge in [0.15, 0.2) is 6.61 Å². The quantitative estimate of drug-likeness (QED) is 0.469. The largest absolute Gasteiger partial charge is 0.450 e. The van der Waals surface area contributed by atoms with Gasteiger partial charge in [0, 0.05) is 17.7 Å². The van der Waals surface area contributed by atoms with Crippen molar-refractivity contribution in [1.82, 2.24) is 5.32 Å². The zero-order valence-corrected chi connectivity index (χ0v) is 13.6. The number of esters is 1. The molecule has 0 bridgehead atoms. The molecule has 10 heteroatoms. The summed E-state index contributed by atoms with van der Waals surface area (Å²) in [6.07, 6.45) is -0.938. The Morgan fingerprint density at radius 3 is 2.42 bits per heavy atom. The maximum Gasteiger partial charge on any atom is 0.413 e. The van der Waals surface area contributed by atoms with Crippen molar-refractivity contribution in [3.8, 4) is 11.3 Å². The van der Waals surface area contributed by atoms with Gasteiger partial charge in [-0.2, -0.15) is 0 Å². The molecular formula is C16H14N2O8. The summed E-state index contributed by atoms with van der Waals surface area (Å²) < 4.78 is 14.6. The molecule has 0 aliphatic rings. The number of nitrogens with zero attached hydrogens (tertiary/aromatic N) is 1. The number of benzene rings is 1. The number of nitro groups is 1. The van der Waals surface area contributed by atoms with Crippen LogP contribution in [0.5, 0.6) is 0 Å². The van der Waals surface area contributed by atoms with Gasteiger partial charge in [0.05, 0.1) is 11.5 Å². The predicted molar refractivity (Wildman–Crippen MR) is 86.2 cm³/mol. The minimum Gasteiger partial charge on any atom is -0.450 e. The molecule has 136 valence electrons. The number of rotatable bonds is 6. The Labute approximate surface area is 146 Å². The van der Waals surface area contributed by atoms with Crippen molar-refractivity contribution in [3.63, 3.8) is 0 Å². The summed E-state index contributed by atoms with van der Waals surface area (Å²) in [4.78, 5) is 44.4. The van der Waals surface area contributed by atoms with Crippen molar-refractivity contribution in [1.29, 1.82) is 0 Å². The van der Waals surface area contributed by atoms with E-state index in [-0.39, 0.29) is 18.1 Å². The van der Waals surface area contributed by atoms with E-state index in [4.69, 9.17) is 9.15 Å². The van der Waals surface area contributed by atoms with Crippen LogP contribution in [0.1, 0.15) is 17.5 Å². The van der Waals surface area contributed by atoms with Crippen LogP contribution in [-0.2, 0) is 14.3 Å². The van der Waals surface area contributed by atoms with Gasteiger partial charge in [-0.25, -0.2) is 9.59 Å². The second-order valence-corrected chi connectivity index (χ2v) is 4.81. The standard InChI is InChI=1S/C16H14N2O8/c1-2-24-16(21)17-14(19)9-25-15(20)13-8-7-12(26-13)10-3-5-11(6-4-10)18(22)23/h3-8H,2,9H2,1H3,(H,17,19,21). The second-order valence-electron chi connectivity index (χ2n) is 4.81. The molecule has 0 saturated carbocycles. The molecule has 1 N–H and O–H groups in total. The normalized spacial score (nSPS) is 10.0. The molecule has 0 radical (unpaired) electrons. The summed E-state index contributed by atoms with van der Waals surface area (Å²) in [5.74, 6) is -1.62. The van der Waals surface area contributed by atoms with E-state index in [1.165, 1.54) is 36.4 Å². The molecule has 0 unspecified atom stereocenters. The lowest BCUT2D eigenvalue weighted by Crippen LogP contribution is -2.34. The lowest BCUT2D eigenvalue weighted by atomic mass is 10.1. The van der Waals surface area contributed by atoms with Crippen LogP contribution in [0.4, 0.5) is 10.5 Å². The number of imide groups is 1. The number of carbonyl (C=O) groups excluding carboxylic acids is 3. The maximum atomic E-state index is 11.8. The monoisotopic (exact) mass is 362 g/mol. The van der Waals surface area contributed by atoms with Gasteiger partial charge in [-0.05, 0) is 31.2 Å². The first-order valence-electron chi connectivity index (χ1n) is 7.39. The van der Waals surface area contributed by atoms with Crippen molar-refractivity contribution < 1.29 is 33.2 Å². The fourth-order valence-electron chi connectivity index (χ4n) is 1.87. The maximum absolute atomic E-state index is 11.8. The van der Waals surface area contributed by atoms with Crippen molar-refractivity contribution in [2.24, 2.45) is 0 Å². The molecule has 0 spiro atoms. The topological polar surface area (TPSA) is 138 Å². The molecule has 10 nitrogen and oxygen atoms in total. The van der Waals surface area contributed by atoms with E-state index in [1.54, 1.807) is 6.92 Å². The van der Waals surface area contributed by atoms with Gasteiger partial charge in [-0.1, -0.05) is 0 Å². The van der Waals surface area contributed by atoms with E-state index in [1.807, 2.05) is 5.32 Å². The Morgan fingerprint density at radius 2 is 1.81 bits per heavy atom. The Balaban J connectivity index is 1.94. The van der Waals surface area contributed by atoms with Gasteiger partial charge >= 0.3 is 12.1 Å². The average molecular weight is 362 g/mol. The number of hydrogen-bond donors (Lipinski definition) is 1. The van der Waals surface area contributed by atoms with Gasteiger partial charge in [-0.15, -0.1) is 0 Å². The van der Waals surface area contributed by atoms with Crippen LogP contribution < -0.4 is 5.32 Å². The molecule has 1 heterocycles. The molecule has 0 aliphatic carbocycles. The highest BCUT2D eigenvalue weighted by molar-refractivity contribution is 5.94. The minimum atomic E-state index is -0.938. The van der Waals surface area contributed by atoms with Crippen molar-refractivity contribution in [3.05, 3.63) is 52.3 Å². The first-order valence-corrected chi connectivity index (χ1v) is 7.39. The SMILES string of the molecule is CCOC(=O)NC(=O)COC(=O)c1ccc(-c2ccc([N+](=O)[O-])cc2)o1. The number of nitro benzene ring substituents is 1. The summed E-state index contributed by atoms with van der Waals surface area (Å²) in [7, 11) is 0. The summed E-state index contributed by atoms with van der Waals surface area (Å²) >= 11 is 0. The third-order valence-corrected chi connectivity index (χ3v) is 3.02. The summed E-state index contributed by atoms with van der Waals surface area (Å²) in [5.41, 5.74) is 0.447. The van der Waals surface area contributed by atoms with E-state index in [9.17, 15) is 24.5 Å². The van der Waals surface area contributed by atoms with Crippen LogP contribution in [0, 0.1) is 10.1 Å².